The third kappa shape index (κ3) is 5.04. The first-order chi connectivity index (χ1) is 12.2. The fraction of sp³-hybridized carbons (Fsp3) is 0.222. The molecule has 0 aliphatic heterocycles. The first-order valence-electron chi connectivity index (χ1n) is 7.91. The molecule has 0 aliphatic rings. The van der Waals surface area contributed by atoms with Crippen LogP contribution in [-0.2, 0) is 11.3 Å². The summed E-state index contributed by atoms with van der Waals surface area (Å²) < 4.78 is 13.3. The quantitative estimate of drug-likeness (QED) is 0.583. The van der Waals surface area contributed by atoms with Crippen molar-refractivity contribution in [1.29, 1.82) is 0 Å². The number of carbonyl (C=O) groups excluding carboxylic acids is 1. The molecule has 2 aromatic heterocycles. The molecule has 7 heteroatoms. The highest BCUT2D eigenvalue weighted by Crippen LogP contribution is 2.13. The standard InChI is InChI=1S/C18H18BrN3O3/c19-15-11-21-22(12-15)16-6-4-14(5-7-16)18(23)20-8-2-9-24-13-17-3-1-10-25-17/h1,3-7,10-12H,2,8-9,13H2,(H,20,23). The molecule has 0 saturated heterocycles. The van der Waals surface area contributed by atoms with Crippen LogP contribution in [0.1, 0.15) is 22.5 Å². The first kappa shape index (κ1) is 17.4. The Morgan fingerprint density at radius 3 is 2.80 bits per heavy atom. The number of nitrogens with one attached hydrogen (secondary N) is 1. The predicted octanol–water partition coefficient (Wildman–Crippen LogP) is 3.56. The van der Waals surface area contributed by atoms with Crippen molar-refractivity contribution < 1.29 is 13.9 Å². The van der Waals surface area contributed by atoms with E-state index < -0.39 is 0 Å². The van der Waals surface area contributed by atoms with E-state index in [4.69, 9.17) is 9.15 Å². The molecule has 0 atom stereocenters. The maximum atomic E-state index is 12.1. The molecule has 2 heterocycles. The summed E-state index contributed by atoms with van der Waals surface area (Å²) in [6.07, 6.45) is 5.94. The largest absolute Gasteiger partial charge is 0.467 e. The number of halogens is 1. The maximum absolute atomic E-state index is 12.1. The van der Waals surface area contributed by atoms with Gasteiger partial charge in [0.05, 0.1) is 22.6 Å². The molecule has 0 saturated carbocycles. The van der Waals surface area contributed by atoms with Gasteiger partial charge in [-0.2, -0.15) is 5.10 Å². The topological polar surface area (TPSA) is 69.3 Å². The Morgan fingerprint density at radius 1 is 1.28 bits per heavy atom. The van der Waals surface area contributed by atoms with Crippen molar-refractivity contribution >= 4 is 21.8 Å². The Labute approximate surface area is 153 Å². The van der Waals surface area contributed by atoms with Crippen LogP contribution in [0.4, 0.5) is 0 Å². The number of amides is 1. The van der Waals surface area contributed by atoms with Crippen LogP contribution in [0.5, 0.6) is 0 Å². The smallest absolute Gasteiger partial charge is 0.251 e. The average molecular weight is 404 g/mol. The highest BCUT2D eigenvalue weighted by Gasteiger charge is 2.06. The number of aromatic nitrogens is 2. The first-order valence-corrected chi connectivity index (χ1v) is 8.70. The molecule has 0 radical (unpaired) electrons. The van der Waals surface area contributed by atoms with Gasteiger partial charge in [0.25, 0.3) is 5.91 Å². The van der Waals surface area contributed by atoms with E-state index in [0.717, 1.165) is 22.3 Å². The molecule has 0 spiro atoms. The Bertz CT molecular complexity index is 797. The van der Waals surface area contributed by atoms with Crippen LogP contribution >= 0.6 is 15.9 Å². The van der Waals surface area contributed by atoms with Gasteiger partial charge in [0.15, 0.2) is 0 Å². The number of furan rings is 1. The zero-order chi connectivity index (χ0) is 17.5. The number of rotatable bonds is 8. The minimum absolute atomic E-state index is 0.0979. The fourth-order valence-electron chi connectivity index (χ4n) is 2.25. The molecule has 3 aromatic rings. The Kier molecular flexibility index (Phi) is 6.03. The Morgan fingerprint density at radius 2 is 2.12 bits per heavy atom. The summed E-state index contributed by atoms with van der Waals surface area (Å²) >= 11 is 3.36. The summed E-state index contributed by atoms with van der Waals surface area (Å²) in [5.74, 6) is 0.701. The van der Waals surface area contributed by atoms with E-state index in [9.17, 15) is 4.79 Å². The van der Waals surface area contributed by atoms with Crippen LogP contribution in [0.2, 0.25) is 0 Å². The van der Waals surface area contributed by atoms with Gasteiger partial charge in [-0.25, -0.2) is 4.68 Å². The van der Waals surface area contributed by atoms with E-state index in [0.29, 0.717) is 25.3 Å². The predicted molar refractivity (Wildman–Crippen MR) is 96.6 cm³/mol. The van der Waals surface area contributed by atoms with Crippen molar-refractivity contribution in [1.82, 2.24) is 15.1 Å². The molecule has 0 bridgehead atoms. The second-order valence-corrected chi connectivity index (χ2v) is 6.31. The SMILES string of the molecule is O=C(NCCCOCc1ccco1)c1ccc(-n2cc(Br)cn2)cc1. The van der Waals surface area contributed by atoms with Gasteiger partial charge >= 0.3 is 0 Å². The lowest BCUT2D eigenvalue weighted by Crippen LogP contribution is -2.25. The van der Waals surface area contributed by atoms with E-state index in [1.807, 2.05) is 30.5 Å². The molecule has 0 aliphatic carbocycles. The van der Waals surface area contributed by atoms with E-state index in [2.05, 4.69) is 26.3 Å². The molecule has 130 valence electrons. The van der Waals surface area contributed by atoms with Gasteiger partial charge in [-0.05, 0) is 58.7 Å². The number of hydrogen-bond donors (Lipinski definition) is 1. The number of hydrogen-bond acceptors (Lipinski definition) is 4. The van der Waals surface area contributed by atoms with Crippen molar-refractivity contribution in [3.8, 4) is 5.69 Å². The lowest BCUT2D eigenvalue weighted by atomic mass is 10.2. The lowest BCUT2D eigenvalue weighted by molar-refractivity contribution is 0.0917. The van der Waals surface area contributed by atoms with Crippen LogP contribution in [0.15, 0.2) is 63.9 Å². The van der Waals surface area contributed by atoms with Crippen LogP contribution < -0.4 is 5.32 Å². The van der Waals surface area contributed by atoms with Gasteiger partial charge in [-0.1, -0.05) is 0 Å². The molecule has 6 nitrogen and oxygen atoms in total. The van der Waals surface area contributed by atoms with Gasteiger partial charge < -0.3 is 14.5 Å². The van der Waals surface area contributed by atoms with E-state index in [1.54, 1.807) is 29.3 Å². The number of nitrogens with zero attached hydrogens (tertiary/aromatic N) is 2. The van der Waals surface area contributed by atoms with E-state index >= 15 is 0 Å². The third-order valence-corrected chi connectivity index (χ3v) is 3.93. The molecule has 25 heavy (non-hydrogen) atoms. The van der Waals surface area contributed by atoms with Crippen molar-refractivity contribution in [3.05, 3.63) is 70.9 Å². The van der Waals surface area contributed by atoms with Crippen molar-refractivity contribution in [2.75, 3.05) is 13.2 Å². The second-order valence-electron chi connectivity index (χ2n) is 5.39. The van der Waals surface area contributed by atoms with Gasteiger partial charge in [0.1, 0.15) is 12.4 Å². The lowest BCUT2D eigenvalue weighted by Gasteiger charge is -2.07. The van der Waals surface area contributed by atoms with Crippen molar-refractivity contribution in [2.45, 2.75) is 13.0 Å². The Balaban J connectivity index is 1.39. The third-order valence-electron chi connectivity index (χ3n) is 3.52. The molecule has 1 aromatic carbocycles. The molecule has 0 fully saturated rings. The zero-order valence-corrected chi connectivity index (χ0v) is 15.1. The van der Waals surface area contributed by atoms with Crippen molar-refractivity contribution in [2.24, 2.45) is 0 Å². The molecule has 1 amide bonds. The number of benzene rings is 1. The minimum atomic E-state index is -0.0979. The summed E-state index contributed by atoms with van der Waals surface area (Å²) in [4.78, 5) is 12.1. The summed E-state index contributed by atoms with van der Waals surface area (Å²) in [6.45, 7) is 1.57. The Hall–Kier alpha value is -2.38. The average Bonchev–Trinajstić information content (AvgIpc) is 3.29. The summed E-state index contributed by atoms with van der Waals surface area (Å²) in [5.41, 5.74) is 1.51. The molecular formula is C18H18BrN3O3. The number of carbonyl (C=O) groups is 1. The van der Waals surface area contributed by atoms with Gasteiger partial charge in [0.2, 0.25) is 0 Å². The van der Waals surface area contributed by atoms with Gasteiger partial charge in [0, 0.05) is 24.9 Å². The summed E-state index contributed by atoms with van der Waals surface area (Å²) in [5, 5.41) is 7.09. The molecule has 1 N–H and O–H groups in total. The second kappa shape index (κ2) is 8.64. The molecule has 3 rings (SSSR count). The monoisotopic (exact) mass is 403 g/mol. The summed E-state index contributed by atoms with van der Waals surface area (Å²) in [6, 6.07) is 11.0. The highest BCUT2D eigenvalue weighted by molar-refractivity contribution is 9.10. The van der Waals surface area contributed by atoms with Crippen molar-refractivity contribution in [3.63, 3.8) is 0 Å². The minimum Gasteiger partial charge on any atom is -0.467 e. The van der Waals surface area contributed by atoms with E-state index in [1.165, 1.54) is 0 Å². The van der Waals surface area contributed by atoms with Crippen LogP contribution in [0, 0.1) is 0 Å². The molecular weight excluding hydrogens is 386 g/mol. The summed E-state index contributed by atoms with van der Waals surface area (Å²) in [7, 11) is 0. The number of ether oxygens (including phenoxy) is 1. The van der Waals surface area contributed by atoms with E-state index in [-0.39, 0.29) is 5.91 Å². The van der Waals surface area contributed by atoms with Crippen LogP contribution in [0.3, 0.4) is 0 Å². The zero-order valence-electron chi connectivity index (χ0n) is 13.5. The highest BCUT2D eigenvalue weighted by atomic mass is 79.9. The maximum Gasteiger partial charge on any atom is 0.251 e. The normalized spacial score (nSPS) is 10.8. The fourth-order valence-corrected chi connectivity index (χ4v) is 2.54. The van der Waals surface area contributed by atoms with Gasteiger partial charge in [-0.3, -0.25) is 4.79 Å². The van der Waals surface area contributed by atoms with Gasteiger partial charge in [-0.15, -0.1) is 0 Å². The van der Waals surface area contributed by atoms with Crippen LogP contribution in [0.25, 0.3) is 5.69 Å². The molecule has 0 unspecified atom stereocenters. The van der Waals surface area contributed by atoms with Crippen LogP contribution in [-0.4, -0.2) is 28.8 Å².